The van der Waals surface area contributed by atoms with E-state index in [1.54, 1.807) is 6.92 Å². The average molecular weight is 398 g/mol. The minimum Gasteiger partial charge on any atom is -0.478 e. The summed E-state index contributed by atoms with van der Waals surface area (Å²) < 4.78 is 4.97. The highest BCUT2D eigenvalue weighted by atomic mass is 16.5. The molecule has 0 fully saturated rings. The number of rotatable bonds is 12. The van der Waals surface area contributed by atoms with Gasteiger partial charge in [0.15, 0.2) is 0 Å². The van der Waals surface area contributed by atoms with Crippen molar-refractivity contribution in [1.29, 1.82) is 0 Å². The van der Waals surface area contributed by atoms with Crippen LogP contribution in [0.5, 0.6) is 0 Å². The molecule has 0 bridgehead atoms. The molecule has 4 heteroatoms. The van der Waals surface area contributed by atoms with Gasteiger partial charge in [-0.15, -0.1) is 0 Å². The van der Waals surface area contributed by atoms with Crippen molar-refractivity contribution in [3.63, 3.8) is 0 Å². The quantitative estimate of drug-likeness (QED) is 0.219. The molecule has 1 radical (unpaired) electrons. The third kappa shape index (κ3) is 32.1. The lowest BCUT2D eigenvalue weighted by Gasteiger charge is -2.05. The van der Waals surface area contributed by atoms with E-state index in [-0.39, 0.29) is 11.5 Å². The predicted octanol–water partition coefficient (Wildman–Crippen LogP) is 7.01. The first-order valence-electron chi connectivity index (χ1n) is 10.5. The van der Waals surface area contributed by atoms with E-state index in [1.165, 1.54) is 39.0 Å². The van der Waals surface area contributed by atoms with Crippen molar-refractivity contribution in [2.75, 3.05) is 6.61 Å². The third-order valence-electron chi connectivity index (χ3n) is 3.65. The van der Waals surface area contributed by atoms with Crippen LogP contribution in [0.4, 0.5) is 0 Å². The molecule has 0 aliphatic heterocycles. The molecule has 0 spiro atoms. The Kier molecular flexibility index (Phi) is 24.1. The van der Waals surface area contributed by atoms with E-state index in [0.29, 0.717) is 12.2 Å². The Balaban J connectivity index is -0.000000376. The maximum absolute atomic E-state index is 11.0. The molecule has 0 saturated carbocycles. The van der Waals surface area contributed by atoms with Crippen LogP contribution in [0.15, 0.2) is 24.3 Å². The van der Waals surface area contributed by atoms with Crippen molar-refractivity contribution in [3.8, 4) is 0 Å². The van der Waals surface area contributed by atoms with Crippen molar-refractivity contribution in [2.24, 2.45) is 11.8 Å². The van der Waals surface area contributed by atoms with Gasteiger partial charge in [0, 0.05) is 11.1 Å². The van der Waals surface area contributed by atoms with E-state index in [2.05, 4.69) is 47.8 Å². The number of hydrogen-bond acceptors (Lipinski definition) is 3. The molecular weight excluding hydrogens is 352 g/mol. The first kappa shape index (κ1) is 31.1. The minimum atomic E-state index is -0.935. The van der Waals surface area contributed by atoms with Crippen LogP contribution in [-0.2, 0) is 14.3 Å². The van der Waals surface area contributed by atoms with Gasteiger partial charge in [0.05, 0.1) is 6.61 Å². The lowest BCUT2D eigenvalue weighted by atomic mass is 10.1. The summed E-state index contributed by atoms with van der Waals surface area (Å²) in [5, 5.41) is 7.89. The zero-order valence-electron chi connectivity index (χ0n) is 19.3. The highest BCUT2D eigenvalue weighted by Gasteiger charge is 2.01. The van der Waals surface area contributed by atoms with Gasteiger partial charge in [0.1, 0.15) is 0 Å². The second-order valence-electron chi connectivity index (χ2n) is 7.99. The molecule has 0 aliphatic carbocycles. The van der Waals surface area contributed by atoms with Gasteiger partial charge in [-0.2, -0.15) is 0 Å². The molecule has 0 aromatic heterocycles. The van der Waals surface area contributed by atoms with E-state index < -0.39 is 5.97 Å². The summed E-state index contributed by atoms with van der Waals surface area (Å²) in [6.45, 7) is 23.1. The highest BCUT2D eigenvalue weighted by molar-refractivity contribution is 5.86. The van der Waals surface area contributed by atoms with E-state index >= 15 is 0 Å². The normalized spacial score (nSPS) is 9.75. The molecule has 0 rings (SSSR count). The van der Waals surface area contributed by atoms with Crippen LogP contribution >= 0.6 is 0 Å². The fourth-order valence-corrected chi connectivity index (χ4v) is 1.85. The molecule has 0 saturated heterocycles. The van der Waals surface area contributed by atoms with Gasteiger partial charge < -0.3 is 9.84 Å². The number of esters is 1. The second-order valence-corrected chi connectivity index (χ2v) is 7.99. The number of carbonyl (C=O) groups is 2. The summed E-state index contributed by atoms with van der Waals surface area (Å²) in [5.74, 6) is 0.443. The molecule has 0 atom stereocenters. The van der Waals surface area contributed by atoms with E-state index in [0.717, 1.165) is 31.1 Å². The Morgan fingerprint density at radius 2 is 1.25 bits per heavy atom. The van der Waals surface area contributed by atoms with E-state index in [4.69, 9.17) is 9.84 Å². The average Bonchev–Trinajstić information content (AvgIpc) is 2.58. The number of carboxylic acid groups (broad SMARTS) is 1. The number of ether oxygens (including phenoxy) is 1. The number of aliphatic carboxylic acids is 1. The van der Waals surface area contributed by atoms with Crippen LogP contribution in [0.25, 0.3) is 0 Å². The molecule has 0 unspecified atom stereocenters. The Hall–Kier alpha value is -1.58. The molecule has 0 aromatic carbocycles. The zero-order chi connectivity index (χ0) is 22.5. The van der Waals surface area contributed by atoms with Gasteiger partial charge >= 0.3 is 11.9 Å². The first-order valence-corrected chi connectivity index (χ1v) is 10.5. The van der Waals surface area contributed by atoms with Crippen LogP contribution < -0.4 is 0 Å². The van der Waals surface area contributed by atoms with Gasteiger partial charge in [-0.05, 0) is 32.1 Å². The molecule has 28 heavy (non-hydrogen) atoms. The fourth-order valence-electron chi connectivity index (χ4n) is 1.85. The molecule has 4 nitrogen and oxygen atoms in total. The van der Waals surface area contributed by atoms with Gasteiger partial charge in [0.2, 0.25) is 0 Å². The smallest absolute Gasteiger partial charge is 0.333 e. The lowest BCUT2D eigenvalue weighted by molar-refractivity contribution is -0.139. The van der Waals surface area contributed by atoms with Crippen LogP contribution in [-0.4, -0.2) is 23.7 Å². The molecule has 0 aliphatic rings. The van der Waals surface area contributed by atoms with Crippen LogP contribution in [0, 0.1) is 18.8 Å². The van der Waals surface area contributed by atoms with Crippen molar-refractivity contribution < 1.29 is 19.4 Å². The second kappa shape index (κ2) is 21.7. The number of carboxylic acids is 1. The molecular formula is C24H45O4. The lowest BCUT2D eigenvalue weighted by Crippen LogP contribution is -2.06. The third-order valence-corrected chi connectivity index (χ3v) is 3.65. The van der Waals surface area contributed by atoms with Crippen molar-refractivity contribution in [1.82, 2.24) is 0 Å². The standard InChI is InChI=1S/C12H22O2.C8H17.C4H6O2/c1-10(2)8-6-5-7-9-14-12(13)11(3)4;1-4-5-6-7-8(2)3;1-3(2)4(5)6/h10H,3,5-9H2,1-2,4H3;8H,1,4-7H2,2-3H3;1H2,2H3,(H,5,6). The summed E-state index contributed by atoms with van der Waals surface area (Å²) >= 11 is 0. The van der Waals surface area contributed by atoms with E-state index in [1.807, 2.05) is 0 Å². The van der Waals surface area contributed by atoms with Crippen molar-refractivity contribution in [3.05, 3.63) is 31.2 Å². The fraction of sp³-hybridized carbons (Fsp3) is 0.708. The number of unbranched alkanes of at least 4 members (excludes halogenated alkanes) is 4. The molecule has 165 valence electrons. The van der Waals surface area contributed by atoms with Crippen molar-refractivity contribution in [2.45, 2.75) is 92.9 Å². The Bertz CT molecular complexity index is 410. The van der Waals surface area contributed by atoms with E-state index in [9.17, 15) is 9.59 Å². The topological polar surface area (TPSA) is 63.6 Å². The summed E-state index contributed by atoms with van der Waals surface area (Å²) in [6, 6.07) is 0. The Morgan fingerprint density at radius 1 is 0.821 bits per heavy atom. The van der Waals surface area contributed by atoms with Crippen LogP contribution in [0.3, 0.4) is 0 Å². The SMILES string of the molecule is C=C(C)C(=O)O.C=C(C)C(=O)OCCCCCC(C)C.[CH2]CCCCC(C)C. The monoisotopic (exact) mass is 397 g/mol. The highest BCUT2D eigenvalue weighted by Crippen LogP contribution is 2.08. The molecule has 0 amide bonds. The largest absolute Gasteiger partial charge is 0.478 e. The maximum atomic E-state index is 11.0. The summed E-state index contributed by atoms with van der Waals surface area (Å²) in [6.07, 6.45) is 9.73. The van der Waals surface area contributed by atoms with Crippen LogP contribution in [0.2, 0.25) is 0 Å². The summed E-state index contributed by atoms with van der Waals surface area (Å²) in [5.41, 5.74) is 0.655. The van der Waals surface area contributed by atoms with Crippen molar-refractivity contribution >= 4 is 11.9 Å². The number of hydrogen-bond donors (Lipinski definition) is 1. The van der Waals surface area contributed by atoms with Crippen LogP contribution in [0.1, 0.15) is 92.9 Å². The Labute approximate surface area is 174 Å². The van der Waals surface area contributed by atoms with Gasteiger partial charge in [-0.25, -0.2) is 9.59 Å². The predicted molar refractivity (Wildman–Crippen MR) is 120 cm³/mol. The van der Waals surface area contributed by atoms with Gasteiger partial charge in [-0.1, -0.05) is 92.7 Å². The molecule has 1 N–H and O–H groups in total. The Morgan fingerprint density at radius 3 is 1.57 bits per heavy atom. The summed E-state index contributed by atoms with van der Waals surface area (Å²) in [4.78, 5) is 20.6. The van der Waals surface area contributed by atoms with Gasteiger partial charge in [0.25, 0.3) is 0 Å². The minimum absolute atomic E-state index is 0.176. The molecule has 0 aromatic rings. The van der Waals surface area contributed by atoms with Gasteiger partial charge in [-0.3, -0.25) is 0 Å². The maximum Gasteiger partial charge on any atom is 0.333 e. The zero-order valence-corrected chi connectivity index (χ0v) is 19.3. The number of carbonyl (C=O) groups excluding carboxylic acids is 1. The molecule has 0 heterocycles. The summed E-state index contributed by atoms with van der Waals surface area (Å²) in [7, 11) is 0. The first-order chi connectivity index (χ1) is 12.9.